The highest BCUT2D eigenvalue weighted by Crippen LogP contribution is 2.23. The lowest BCUT2D eigenvalue weighted by Crippen LogP contribution is -2.22. The van der Waals surface area contributed by atoms with E-state index >= 15 is 0 Å². The van der Waals surface area contributed by atoms with E-state index in [0.29, 0.717) is 11.4 Å². The minimum Gasteiger partial charge on any atom is -0.379 e. The van der Waals surface area contributed by atoms with Gasteiger partial charge in [-0.3, -0.25) is 4.72 Å². The summed E-state index contributed by atoms with van der Waals surface area (Å²) in [6.07, 6.45) is 0. The summed E-state index contributed by atoms with van der Waals surface area (Å²) in [5, 5.41) is 4.67. The van der Waals surface area contributed by atoms with Gasteiger partial charge >= 0.3 is 16.1 Å². The van der Waals surface area contributed by atoms with E-state index in [0.717, 1.165) is 0 Å². The summed E-state index contributed by atoms with van der Waals surface area (Å²) in [5.74, 6) is 0.0496. The molecule has 0 aliphatic heterocycles. The van der Waals surface area contributed by atoms with Crippen molar-refractivity contribution in [2.75, 3.05) is 15.4 Å². The van der Waals surface area contributed by atoms with Crippen molar-refractivity contribution >= 4 is 43.2 Å². The Balaban J connectivity index is 1.62. The predicted octanol–water partition coefficient (Wildman–Crippen LogP) is 4.25. The van der Waals surface area contributed by atoms with Gasteiger partial charge in [-0.2, -0.15) is 8.42 Å². The smallest absolute Gasteiger partial charge is 0.339 e. The molecule has 0 aliphatic carbocycles. The maximum absolute atomic E-state index is 12.5. The molecule has 33 heavy (non-hydrogen) atoms. The summed E-state index contributed by atoms with van der Waals surface area (Å²) < 4.78 is 56.4. The monoisotopic (exact) mass is 489 g/mol. The second-order valence-corrected chi connectivity index (χ2v) is 11.0. The summed E-state index contributed by atoms with van der Waals surface area (Å²) in [7, 11) is -7.69. The number of carbonyl (C=O) groups excluding carboxylic acids is 1. The van der Waals surface area contributed by atoms with Crippen LogP contribution in [0.15, 0.2) is 83.8 Å². The fourth-order valence-electron chi connectivity index (χ4n) is 2.56. The molecule has 0 saturated heterocycles. The first-order chi connectivity index (χ1) is 15.5. The van der Waals surface area contributed by atoms with E-state index in [4.69, 9.17) is 4.18 Å². The molecule has 0 bridgehead atoms. The Morgan fingerprint density at radius 3 is 1.79 bits per heavy atom. The number of urea groups is 1. The number of sulfonamides is 1. The van der Waals surface area contributed by atoms with E-state index in [2.05, 4.69) is 15.4 Å². The van der Waals surface area contributed by atoms with Crippen LogP contribution in [0.25, 0.3) is 0 Å². The zero-order valence-electron chi connectivity index (χ0n) is 17.8. The van der Waals surface area contributed by atoms with Crippen LogP contribution in [-0.2, 0) is 20.1 Å². The number of amides is 2. The lowest BCUT2D eigenvalue weighted by molar-refractivity contribution is 0.262. The van der Waals surface area contributed by atoms with Crippen molar-refractivity contribution in [3.05, 3.63) is 78.9 Å². The van der Waals surface area contributed by atoms with Crippen molar-refractivity contribution in [3.8, 4) is 5.75 Å². The zero-order valence-corrected chi connectivity index (χ0v) is 19.5. The van der Waals surface area contributed by atoms with E-state index in [1.54, 1.807) is 24.3 Å². The quantitative estimate of drug-likeness (QED) is 0.406. The molecule has 0 fully saturated rings. The van der Waals surface area contributed by atoms with Gasteiger partial charge < -0.3 is 14.8 Å². The highest BCUT2D eigenvalue weighted by molar-refractivity contribution is 7.93. The minimum atomic E-state index is -4.14. The van der Waals surface area contributed by atoms with Gasteiger partial charge in [0.2, 0.25) is 10.0 Å². The van der Waals surface area contributed by atoms with E-state index in [1.807, 2.05) is 6.07 Å². The molecular formula is C22H23N3O6S2. The van der Waals surface area contributed by atoms with Crippen LogP contribution in [0, 0.1) is 0 Å². The van der Waals surface area contributed by atoms with Crippen LogP contribution < -0.4 is 19.5 Å². The highest BCUT2D eigenvalue weighted by Gasteiger charge is 2.19. The molecule has 3 aromatic rings. The highest BCUT2D eigenvalue weighted by atomic mass is 32.2. The average molecular weight is 490 g/mol. The molecule has 0 radical (unpaired) electrons. The molecule has 3 N–H and O–H groups in total. The van der Waals surface area contributed by atoms with Crippen molar-refractivity contribution < 1.29 is 25.8 Å². The van der Waals surface area contributed by atoms with E-state index in [9.17, 15) is 21.6 Å². The largest absolute Gasteiger partial charge is 0.379 e. The lowest BCUT2D eigenvalue weighted by Gasteiger charge is -2.12. The standard InChI is InChI=1S/C22H23N3O6S2/c1-16(2)32(27,28)25-19-10-14-21(15-11-19)33(29,30)31-20-12-8-18(9-13-20)24-22(26)23-17-6-4-3-5-7-17/h3-16,25H,1-2H3,(H2,23,24,26). The summed E-state index contributed by atoms with van der Waals surface area (Å²) in [6, 6.07) is 19.4. The molecule has 0 heterocycles. The Morgan fingerprint density at radius 2 is 1.24 bits per heavy atom. The van der Waals surface area contributed by atoms with Gasteiger partial charge in [-0.15, -0.1) is 0 Å². The van der Waals surface area contributed by atoms with Gasteiger partial charge in [0.25, 0.3) is 0 Å². The number of carbonyl (C=O) groups is 1. The third-order valence-electron chi connectivity index (χ3n) is 4.37. The van der Waals surface area contributed by atoms with Crippen LogP contribution in [0.3, 0.4) is 0 Å². The molecule has 0 saturated carbocycles. The third kappa shape index (κ3) is 6.70. The van der Waals surface area contributed by atoms with Gasteiger partial charge in [0.1, 0.15) is 10.6 Å². The summed E-state index contributed by atoms with van der Waals surface area (Å²) in [4.78, 5) is 11.9. The van der Waals surface area contributed by atoms with Crippen molar-refractivity contribution in [1.82, 2.24) is 0 Å². The SMILES string of the molecule is CC(C)S(=O)(=O)Nc1ccc(S(=O)(=O)Oc2ccc(NC(=O)Nc3ccccc3)cc2)cc1. The average Bonchev–Trinajstić information content (AvgIpc) is 2.75. The van der Waals surface area contributed by atoms with Crippen molar-refractivity contribution in [3.63, 3.8) is 0 Å². The van der Waals surface area contributed by atoms with E-state index in [1.165, 1.54) is 62.4 Å². The zero-order chi connectivity index (χ0) is 24.1. The molecule has 9 nitrogen and oxygen atoms in total. The van der Waals surface area contributed by atoms with Gasteiger partial charge in [-0.1, -0.05) is 18.2 Å². The summed E-state index contributed by atoms with van der Waals surface area (Å²) >= 11 is 0. The van der Waals surface area contributed by atoms with Crippen molar-refractivity contribution in [1.29, 1.82) is 0 Å². The molecule has 3 aromatic carbocycles. The number of rotatable bonds is 8. The molecular weight excluding hydrogens is 466 g/mol. The predicted molar refractivity (Wildman–Crippen MR) is 127 cm³/mol. The molecule has 11 heteroatoms. The Hall–Kier alpha value is -3.57. The number of benzene rings is 3. The molecule has 0 aromatic heterocycles. The topological polar surface area (TPSA) is 131 Å². The van der Waals surface area contributed by atoms with E-state index < -0.39 is 31.4 Å². The van der Waals surface area contributed by atoms with Gasteiger partial charge in [0.15, 0.2) is 0 Å². The molecule has 0 spiro atoms. The van der Waals surface area contributed by atoms with Crippen LogP contribution in [0.5, 0.6) is 5.75 Å². The normalized spacial score (nSPS) is 11.6. The first-order valence-electron chi connectivity index (χ1n) is 9.84. The van der Waals surface area contributed by atoms with Gasteiger partial charge in [-0.25, -0.2) is 13.2 Å². The molecule has 174 valence electrons. The first-order valence-corrected chi connectivity index (χ1v) is 12.8. The minimum absolute atomic E-state index is 0.0496. The number of hydrogen-bond acceptors (Lipinski definition) is 6. The van der Waals surface area contributed by atoms with E-state index in [-0.39, 0.29) is 16.3 Å². The van der Waals surface area contributed by atoms with Gasteiger partial charge in [0.05, 0.1) is 5.25 Å². The molecule has 0 atom stereocenters. The molecule has 3 rings (SSSR count). The Morgan fingerprint density at radius 1 is 0.727 bits per heavy atom. The van der Waals surface area contributed by atoms with Crippen LogP contribution in [0.2, 0.25) is 0 Å². The fourth-order valence-corrected chi connectivity index (χ4v) is 4.19. The second kappa shape index (κ2) is 9.92. The van der Waals surface area contributed by atoms with Crippen molar-refractivity contribution in [2.45, 2.75) is 24.0 Å². The summed E-state index contributed by atoms with van der Waals surface area (Å²) in [5.41, 5.74) is 1.31. The van der Waals surface area contributed by atoms with Crippen LogP contribution in [-0.4, -0.2) is 28.1 Å². The van der Waals surface area contributed by atoms with Crippen molar-refractivity contribution in [2.24, 2.45) is 0 Å². The maximum Gasteiger partial charge on any atom is 0.339 e. The second-order valence-electron chi connectivity index (χ2n) is 7.23. The fraction of sp³-hybridized carbons (Fsp3) is 0.136. The molecule has 0 unspecified atom stereocenters. The summed E-state index contributed by atoms with van der Waals surface area (Å²) in [6.45, 7) is 3.07. The number of hydrogen-bond donors (Lipinski definition) is 3. The van der Waals surface area contributed by atoms with Gasteiger partial charge in [-0.05, 0) is 74.5 Å². The Bertz CT molecular complexity index is 1310. The number of para-hydroxylation sites is 1. The Labute approximate surface area is 193 Å². The lowest BCUT2D eigenvalue weighted by atomic mass is 10.3. The molecule has 0 aliphatic rings. The maximum atomic E-state index is 12.5. The van der Waals surface area contributed by atoms with Crippen LogP contribution >= 0.6 is 0 Å². The van der Waals surface area contributed by atoms with Crippen LogP contribution in [0.4, 0.5) is 21.9 Å². The molecule has 2 amide bonds. The third-order valence-corrected chi connectivity index (χ3v) is 7.40. The number of nitrogens with one attached hydrogen (secondary N) is 3. The first kappa shape index (κ1) is 24.1. The van der Waals surface area contributed by atoms with Gasteiger partial charge in [0, 0.05) is 17.1 Å². The Kier molecular flexibility index (Phi) is 7.24. The van der Waals surface area contributed by atoms with Crippen LogP contribution in [0.1, 0.15) is 13.8 Å². The number of anilines is 3.